The number of aromatic nitrogens is 3. The number of amides is 2. The zero-order valence-corrected chi connectivity index (χ0v) is 33.5. The minimum absolute atomic E-state index is 0. The zero-order chi connectivity index (χ0) is 41.8. The van der Waals surface area contributed by atoms with Gasteiger partial charge in [-0.15, -0.1) is 0 Å². The average Bonchev–Trinajstić information content (AvgIpc) is 3.60. The van der Waals surface area contributed by atoms with E-state index in [2.05, 4.69) is 20.2 Å². The first-order valence-electron chi connectivity index (χ1n) is 21.0. The summed E-state index contributed by atoms with van der Waals surface area (Å²) in [6.45, 7) is 3.92. The lowest BCUT2D eigenvalue weighted by Gasteiger charge is -2.41. The number of nitrogens with zero attached hydrogens (tertiary/aromatic N) is 6. The molecule has 6 bridgehead atoms. The third kappa shape index (κ3) is 7.73. The number of likely N-dealkylation sites (tertiary alicyclic amines) is 1. The summed E-state index contributed by atoms with van der Waals surface area (Å²) < 4.78 is 92.5. The van der Waals surface area contributed by atoms with Crippen molar-refractivity contribution in [2.24, 2.45) is 0 Å². The smallest absolute Gasteiger partial charge is 0.415 e. The molecular weight excluding hydrogens is 790 g/mol. The first-order valence-corrected chi connectivity index (χ1v) is 21.0. The number of rotatable bonds is 4. The maximum atomic E-state index is 17.6. The number of ether oxygens (including phenoxy) is 3. The lowest BCUT2D eigenvalue weighted by Crippen LogP contribution is -2.57. The Morgan fingerprint density at radius 1 is 1.07 bits per heavy atom. The highest BCUT2D eigenvalue weighted by molar-refractivity contribution is 6.02. The number of hydrogen-bond donors (Lipinski definition) is 1. The highest BCUT2D eigenvalue weighted by Gasteiger charge is 2.50. The van der Waals surface area contributed by atoms with Crippen LogP contribution < -0.4 is 19.7 Å². The van der Waals surface area contributed by atoms with Crippen LogP contribution in [-0.2, 0) is 11.2 Å². The number of alkyl halides is 4. The molecule has 6 aliphatic rings. The van der Waals surface area contributed by atoms with Gasteiger partial charge in [-0.3, -0.25) is 14.8 Å². The molecule has 10 rings (SSSR count). The Morgan fingerprint density at radius 2 is 1.92 bits per heavy atom. The van der Waals surface area contributed by atoms with E-state index in [9.17, 15) is 27.2 Å². The van der Waals surface area contributed by atoms with E-state index in [4.69, 9.17) is 19.2 Å². The molecule has 4 saturated heterocycles. The first kappa shape index (κ1) is 40.4. The van der Waals surface area contributed by atoms with E-state index in [1.54, 1.807) is 18.2 Å². The lowest BCUT2D eigenvalue weighted by atomic mass is 9.91. The van der Waals surface area contributed by atoms with Crippen molar-refractivity contribution in [2.75, 3.05) is 50.8 Å². The molecule has 1 unspecified atom stereocenters. The van der Waals surface area contributed by atoms with E-state index in [1.807, 2.05) is 17.9 Å². The number of benzene rings is 2. The van der Waals surface area contributed by atoms with Crippen LogP contribution in [-0.4, -0.2) is 112 Å². The molecule has 4 aromatic rings. The summed E-state index contributed by atoms with van der Waals surface area (Å²) in [5.41, 5.74) is -0.492. The molecule has 2 aromatic carbocycles. The summed E-state index contributed by atoms with van der Waals surface area (Å²) >= 11 is 0. The number of carbonyl (C=O) groups excluding carboxylic acids is 2. The van der Waals surface area contributed by atoms with Gasteiger partial charge in [0.15, 0.2) is 5.82 Å². The van der Waals surface area contributed by atoms with Crippen LogP contribution in [0, 0.1) is 5.82 Å². The predicted octanol–water partition coefficient (Wildman–Crippen LogP) is 8.52. The van der Waals surface area contributed by atoms with Crippen LogP contribution in [0.15, 0.2) is 36.5 Å². The molecular formula is C43H50F5N7O5. The van der Waals surface area contributed by atoms with Gasteiger partial charge in [0.1, 0.15) is 41.6 Å². The maximum Gasteiger partial charge on any atom is 0.415 e. The molecule has 8 heterocycles. The maximum absolute atomic E-state index is 17.6. The highest BCUT2D eigenvalue weighted by Crippen LogP contribution is 2.43. The average molecular weight is 840 g/mol. The van der Waals surface area contributed by atoms with Gasteiger partial charge >= 0.3 is 24.4 Å². The largest absolute Gasteiger partial charge is 0.461 e. The van der Waals surface area contributed by atoms with Crippen LogP contribution in [0.1, 0.15) is 78.1 Å². The minimum Gasteiger partial charge on any atom is -0.461 e. The van der Waals surface area contributed by atoms with Gasteiger partial charge in [0.25, 0.3) is 0 Å². The third-order valence-corrected chi connectivity index (χ3v) is 13.0. The SMILES string of the molecule is C[C@@]12CCCN(C1)c1nc(OC[C@@]34CCCN3C[C@H](F)C4)nc3c(F)c(ncc13)-c1cc(OC(=O)N3CCCCCC3C(F)(F)F)cc3cccc(c13)CCCOC(=O)N2.[HH]. The van der Waals surface area contributed by atoms with Gasteiger partial charge in [-0.25, -0.2) is 18.4 Å². The molecule has 17 heteroatoms. The van der Waals surface area contributed by atoms with Gasteiger partial charge in [-0.1, -0.05) is 31.0 Å². The van der Waals surface area contributed by atoms with Gasteiger partial charge in [0.05, 0.1) is 23.1 Å². The van der Waals surface area contributed by atoms with Crippen LogP contribution in [0.25, 0.3) is 32.9 Å². The summed E-state index contributed by atoms with van der Waals surface area (Å²) in [6, 6.07) is 6.26. The van der Waals surface area contributed by atoms with E-state index in [1.165, 1.54) is 12.3 Å². The molecule has 2 aromatic heterocycles. The third-order valence-electron chi connectivity index (χ3n) is 13.0. The summed E-state index contributed by atoms with van der Waals surface area (Å²) in [5.74, 6) is -0.546. The fraction of sp³-hybridized carbons (Fsp3) is 0.558. The number of pyridine rings is 1. The van der Waals surface area contributed by atoms with Gasteiger partial charge in [0.2, 0.25) is 0 Å². The van der Waals surface area contributed by atoms with E-state index in [0.29, 0.717) is 87.6 Å². The van der Waals surface area contributed by atoms with E-state index >= 15 is 4.39 Å². The Morgan fingerprint density at radius 3 is 2.77 bits per heavy atom. The Hall–Kier alpha value is -5.06. The van der Waals surface area contributed by atoms with Crippen LogP contribution in [0.4, 0.5) is 37.4 Å². The molecule has 0 saturated carbocycles. The molecule has 60 heavy (non-hydrogen) atoms. The number of nitrogens with one attached hydrogen (secondary N) is 1. The second-order valence-corrected chi connectivity index (χ2v) is 17.3. The number of aryl methyl sites for hydroxylation is 1. The van der Waals surface area contributed by atoms with Crippen LogP contribution in [0.5, 0.6) is 11.8 Å². The molecule has 4 fully saturated rings. The second kappa shape index (κ2) is 15.8. The number of fused-ring (bicyclic) bond motifs is 7. The summed E-state index contributed by atoms with van der Waals surface area (Å²) in [5, 5.41) is 4.42. The highest BCUT2D eigenvalue weighted by atomic mass is 19.4. The number of hydrogen-bond acceptors (Lipinski definition) is 10. The molecule has 6 aliphatic heterocycles. The quantitative estimate of drug-likeness (QED) is 0.200. The molecule has 0 radical (unpaired) electrons. The van der Waals surface area contributed by atoms with Crippen molar-refractivity contribution in [2.45, 2.75) is 107 Å². The molecule has 0 aliphatic carbocycles. The van der Waals surface area contributed by atoms with Gasteiger partial charge in [-0.2, -0.15) is 23.1 Å². The Bertz CT molecular complexity index is 2320. The minimum atomic E-state index is -4.64. The second-order valence-electron chi connectivity index (χ2n) is 17.3. The van der Waals surface area contributed by atoms with Crippen molar-refractivity contribution in [1.29, 1.82) is 0 Å². The first-order chi connectivity index (χ1) is 28.8. The molecule has 12 nitrogen and oxygen atoms in total. The van der Waals surface area contributed by atoms with E-state index < -0.39 is 47.5 Å². The lowest BCUT2D eigenvalue weighted by molar-refractivity contribution is -0.178. The zero-order valence-electron chi connectivity index (χ0n) is 33.5. The summed E-state index contributed by atoms with van der Waals surface area (Å²) in [6.07, 6.45) is -0.720. The van der Waals surface area contributed by atoms with Crippen molar-refractivity contribution >= 4 is 39.7 Å². The van der Waals surface area contributed by atoms with Crippen molar-refractivity contribution in [3.05, 3.63) is 47.9 Å². The topological polar surface area (TPSA) is 122 Å². The number of piperidine rings is 1. The van der Waals surface area contributed by atoms with Crippen LogP contribution in [0.2, 0.25) is 0 Å². The van der Waals surface area contributed by atoms with Gasteiger partial charge in [-0.05, 0) is 93.3 Å². The fourth-order valence-electron chi connectivity index (χ4n) is 10.2. The van der Waals surface area contributed by atoms with Crippen molar-refractivity contribution in [1.82, 2.24) is 30.1 Å². The van der Waals surface area contributed by atoms with E-state index in [-0.39, 0.29) is 61.5 Å². The Labute approximate surface area is 345 Å². The Kier molecular flexibility index (Phi) is 10.6. The molecule has 4 atom stereocenters. The predicted molar refractivity (Wildman–Crippen MR) is 215 cm³/mol. The van der Waals surface area contributed by atoms with Gasteiger partial charge < -0.3 is 24.4 Å². The van der Waals surface area contributed by atoms with Crippen LogP contribution in [0.3, 0.4) is 0 Å². The monoisotopic (exact) mass is 839 g/mol. The van der Waals surface area contributed by atoms with Gasteiger partial charge in [0, 0.05) is 45.8 Å². The van der Waals surface area contributed by atoms with Crippen LogP contribution >= 0.6 is 0 Å². The van der Waals surface area contributed by atoms with E-state index in [0.717, 1.165) is 29.8 Å². The number of carbonyl (C=O) groups is 2. The van der Waals surface area contributed by atoms with Crippen molar-refractivity contribution < 1.29 is 47.2 Å². The molecule has 1 N–H and O–H groups in total. The Balaban J connectivity index is 0.00000514. The molecule has 322 valence electrons. The number of halogens is 5. The fourth-order valence-corrected chi connectivity index (χ4v) is 10.2. The number of alkyl carbamates (subject to hydrolysis) is 1. The normalized spacial score (nSPS) is 26.5. The van der Waals surface area contributed by atoms with Crippen molar-refractivity contribution in [3.63, 3.8) is 0 Å². The molecule has 2 amide bonds. The standard InChI is InChI=1S/C43H48F5N7O5.H2/c1-41-13-7-15-53(24-41)37-31-22-49-35(34(45)36(31)50-38(51-37)59-25-42-14-8-16-54(42)23-28(44)21-42)30-20-29(60-40(57)55-17-4-2-3-12-32(55)43(46,47)48)19-27-10-5-9-26(33(27)30)11-6-18-58-39(56)52-41;/h5,9-10,19-20,22,28,32H,2-4,6-8,11-18,21,23-25H2,1H3,(H,52,56);1H/t28-,32?,41-,42+;/m1./s1. The summed E-state index contributed by atoms with van der Waals surface area (Å²) in [7, 11) is 0. The van der Waals surface area contributed by atoms with Crippen molar-refractivity contribution in [3.8, 4) is 23.0 Å². The molecule has 0 spiro atoms. The number of anilines is 1. The summed E-state index contributed by atoms with van der Waals surface area (Å²) in [4.78, 5) is 45.7.